The molecule has 0 fully saturated rings. The smallest absolute Gasteiger partial charge is 0.338 e. The zero-order chi connectivity index (χ0) is 29.1. The number of carbonyl (C=O) groups excluding carboxylic acids is 2. The maximum absolute atomic E-state index is 12.7. The number of esters is 1. The van der Waals surface area contributed by atoms with Crippen LogP contribution in [0.5, 0.6) is 0 Å². The topological polar surface area (TPSA) is 156 Å². The summed E-state index contributed by atoms with van der Waals surface area (Å²) in [6.45, 7) is 4.95. The van der Waals surface area contributed by atoms with Gasteiger partial charge < -0.3 is 15.0 Å². The lowest BCUT2D eigenvalue weighted by Crippen LogP contribution is -2.21. The standard InChI is InChI=1S/C29H26N6O5S/c1-17-4-6-20(7-5-17)27-33-24-13-8-21(15-25(24)34-27)28(37)40-16-26(36)32-22-9-11-23(12-10-22)41(38,39)35-29-30-18(2)14-19(3)31-29/h4-15H,16H2,1-3H3,(H,32,36)(H,33,34)(H,30,31,35). The number of rotatable bonds is 8. The van der Waals surface area contributed by atoms with Gasteiger partial charge in [-0.25, -0.2) is 32.9 Å². The maximum atomic E-state index is 12.7. The van der Waals surface area contributed by atoms with Crippen LogP contribution in [0.25, 0.3) is 22.4 Å². The van der Waals surface area contributed by atoms with Gasteiger partial charge in [-0.3, -0.25) is 4.79 Å². The van der Waals surface area contributed by atoms with Crippen molar-refractivity contribution in [2.45, 2.75) is 25.7 Å². The maximum Gasteiger partial charge on any atom is 0.338 e. The predicted octanol–water partition coefficient (Wildman–Crippen LogP) is 4.54. The summed E-state index contributed by atoms with van der Waals surface area (Å²) in [7, 11) is -3.94. The molecule has 0 radical (unpaired) electrons. The molecule has 0 bridgehead atoms. The Morgan fingerprint density at radius 1 is 0.854 bits per heavy atom. The van der Waals surface area contributed by atoms with Gasteiger partial charge in [-0.2, -0.15) is 0 Å². The van der Waals surface area contributed by atoms with Crippen molar-refractivity contribution in [2.24, 2.45) is 0 Å². The third-order valence-corrected chi connectivity index (χ3v) is 7.38. The number of aromatic amines is 1. The third kappa shape index (κ3) is 6.56. The van der Waals surface area contributed by atoms with Gasteiger partial charge in [-0.1, -0.05) is 29.8 Å². The van der Waals surface area contributed by atoms with Gasteiger partial charge in [0, 0.05) is 22.6 Å². The molecule has 0 aliphatic rings. The Bertz CT molecular complexity index is 1850. The second-order valence-electron chi connectivity index (χ2n) is 9.41. The Morgan fingerprint density at radius 3 is 2.22 bits per heavy atom. The van der Waals surface area contributed by atoms with E-state index in [1.54, 1.807) is 38.1 Å². The van der Waals surface area contributed by atoms with E-state index in [9.17, 15) is 18.0 Å². The molecule has 5 rings (SSSR count). The zero-order valence-corrected chi connectivity index (χ0v) is 23.2. The van der Waals surface area contributed by atoms with Crippen molar-refractivity contribution in [2.75, 3.05) is 16.6 Å². The molecule has 41 heavy (non-hydrogen) atoms. The summed E-state index contributed by atoms with van der Waals surface area (Å²) in [6, 6.07) is 20.1. The second kappa shape index (κ2) is 11.2. The largest absolute Gasteiger partial charge is 0.452 e. The first-order valence-corrected chi connectivity index (χ1v) is 14.0. The van der Waals surface area contributed by atoms with E-state index in [2.05, 4.69) is 30.0 Å². The number of aromatic nitrogens is 4. The summed E-state index contributed by atoms with van der Waals surface area (Å²) < 4.78 is 32.9. The lowest BCUT2D eigenvalue weighted by atomic mass is 10.1. The van der Waals surface area contributed by atoms with Gasteiger partial charge in [0.2, 0.25) is 5.95 Å². The van der Waals surface area contributed by atoms with E-state index in [-0.39, 0.29) is 16.4 Å². The van der Waals surface area contributed by atoms with Crippen LogP contribution >= 0.6 is 0 Å². The van der Waals surface area contributed by atoms with Crippen LogP contribution < -0.4 is 10.0 Å². The molecule has 0 spiro atoms. The molecule has 12 heteroatoms. The highest BCUT2D eigenvalue weighted by Gasteiger charge is 2.17. The van der Waals surface area contributed by atoms with E-state index in [0.717, 1.165) is 11.1 Å². The Hall–Kier alpha value is -5.10. The number of anilines is 2. The number of carbonyl (C=O) groups is 2. The number of sulfonamides is 1. The van der Waals surface area contributed by atoms with Crippen molar-refractivity contribution in [3.63, 3.8) is 0 Å². The molecule has 2 aromatic heterocycles. The highest BCUT2D eigenvalue weighted by Crippen LogP contribution is 2.22. The van der Waals surface area contributed by atoms with Crippen LogP contribution in [0.3, 0.4) is 0 Å². The summed E-state index contributed by atoms with van der Waals surface area (Å²) in [5, 5.41) is 2.57. The van der Waals surface area contributed by atoms with E-state index >= 15 is 0 Å². The number of fused-ring (bicyclic) bond motifs is 1. The highest BCUT2D eigenvalue weighted by atomic mass is 32.2. The minimum Gasteiger partial charge on any atom is -0.452 e. The number of ether oxygens (including phenoxy) is 1. The molecular weight excluding hydrogens is 544 g/mol. The van der Waals surface area contributed by atoms with E-state index in [0.29, 0.717) is 33.9 Å². The van der Waals surface area contributed by atoms with Crippen LogP contribution in [0.2, 0.25) is 0 Å². The first-order chi connectivity index (χ1) is 19.6. The van der Waals surface area contributed by atoms with Gasteiger partial charge in [0.25, 0.3) is 15.9 Å². The molecule has 3 aromatic carbocycles. The first-order valence-electron chi connectivity index (χ1n) is 12.5. The first kappa shape index (κ1) is 27.5. The molecular formula is C29H26N6O5S. The van der Waals surface area contributed by atoms with Crippen molar-refractivity contribution in [1.82, 2.24) is 19.9 Å². The monoisotopic (exact) mass is 570 g/mol. The summed E-state index contributed by atoms with van der Waals surface area (Å²) in [5.41, 5.74) is 5.26. The molecule has 11 nitrogen and oxygen atoms in total. The number of benzene rings is 3. The third-order valence-electron chi connectivity index (χ3n) is 6.03. The summed E-state index contributed by atoms with van der Waals surface area (Å²) >= 11 is 0. The van der Waals surface area contributed by atoms with Crippen LogP contribution in [-0.4, -0.2) is 46.8 Å². The molecule has 0 saturated carbocycles. The highest BCUT2D eigenvalue weighted by molar-refractivity contribution is 7.92. The fourth-order valence-electron chi connectivity index (χ4n) is 4.06. The molecule has 0 aliphatic carbocycles. The van der Waals surface area contributed by atoms with E-state index in [1.165, 1.54) is 24.3 Å². The fourth-order valence-corrected chi connectivity index (χ4v) is 5.01. The fraction of sp³-hybridized carbons (Fsp3) is 0.138. The number of amides is 1. The predicted molar refractivity (Wildman–Crippen MR) is 154 cm³/mol. The molecule has 0 unspecified atom stereocenters. The quantitative estimate of drug-likeness (QED) is 0.230. The Kier molecular flexibility index (Phi) is 7.49. The van der Waals surface area contributed by atoms with Crippen molar-refractivity contribution in [3.05, 3.63) is 95.3 Å². The molecule has 208 valence electrons. The zero-order valence-electron chi connectivity index (χ0n) is 22.4. The molecule has 5 aromatic rings. The van der Waals surface area contributed by atoms with E-state index in [4.69, 9.17) is 4.74 Å². The van der Waals surface area contributed by atoms with Gasteiger partial charge in [0.05, 0.1) is 21.5 Å². The average molecular weight is 571 g/mol. The number of H-pyrrole nitrogens is 1. The van der Waals surface area contributed by atoms with Crippen LogP contribution in [-0.2, 0) is 19.6 Å². The van der Waals surface area contributed by atoms with Gasteiger partial charge in [-0.05, 0) is 69.3 Å². The van der Waals surface area contributed by atoms with Crippen LogP contribution in [0.1, 0.15) is 27.3 Å². The normalized spacial score (nSPS) is 11.3. The van der Waals surface area contributed by atoms with E-state index in [1.807, 2.05) is 31.2 Å². The number of hydrogen-bond acceptors (Lipinski definition) is 8. The van der Waals surface area contributed by atoms with Gasteiger partial charge in [0.1, 0.15) is 5.82 Å². The van der Waals surface area contributed by atoms with Crippen molar-refractivity contribution < 1.29 is 22.7 Å². The second-order valence-corrected chi connectivity index (χ2v) is 11.1. The van der Waals surface area contributed by atoms with Crippen LogP contribution in [0.15, 0.2) is 77.7 Å². The molecule has 0 atom stereocenters. The minimum atomic E-state index is -3.94. The van der Waals surface area contributed by atoms with Crippen molar-refractivity contribution in [1.29, 1.82) is 0 Å². The number of imidazole rings is 1. The van der Waals surface area contributed by atoms with Gasteiger partial charge in [0.15, 0.2) is 6.61 Å². The molecule has 3 N–H and O–H groups in total. The summed E-state index contributed by atoms with van der Waals surface area (Å²) in [4.78, 5) is 40.9. The van der Waals surface area contributed by atoms with Crippen molar-refractivity contribution >= 4 is 44.6 Å². The van der Waals surface area contributed by atoms with Crippen LogP contribution in [0.4, 0.5) is 11.6 Å². The van der Waals surface area contributed by atoms with E-state index < -0.39 is 28.5 Å². The number of nitrogens with one attached hydrogen (secondary N) is 3. The number of hydrogen-bond donors (Lipinski definition) is 3. The lowest BCUT2D eigenvalue weighted by Gasteiger charge is -2.10. The molecule has 0 saturated heterocycles. The van der Waals surface area contributed by atoms with Gasteiger partial charge in [-0.15, -0.1) is 0 Å². The molecule has 2 heterocycles. The van der Waals surface area contributed by atoms with Gasteiger partial charge >= 0.3 is 5.97 Å². The number of nitrogens with zero attached hydrogens (tertiary/aromatic N) is 3. The lowest BCUT2D eigenvalue weighted by molar-refractivity contribution is -0.119. The Balaban J connectivity index is 1.17. The summed E-state index contributed by atoms with van der Waals surface area (Å²) in [6.07, 6.45) is 0. The SMILES string of the molecule is Cc1ccc(-c2nc3ccc(C(=O)OCC(=O)Nc4ccc(S(=O)(=O)Nc5nc(C)cc(C)n5)cc4)cc3[nH]2)cc1. The van der Waals surface area contributed by atoms with Crippen LogP contribution in [0, 0.1) is 20.8 Å². The Morgan fingerprint density at radius 2 is 1.54 bits per heavy atom. The minimum absolute atomic E-state index is 0.0277. The average Bonchev–Trinajstić information content (AvgIpc) is 3.35. The summed E-state index contributed by atoms with van der Waals surface area (Å²) in [5.74, 6) is -0.604. The number of aryl methyl sites for hydroxylation is 3. The van der Waals surface area contributed by atoms with Crippen molar-refractivity contribution in [3.8, 4) is 11.4 Å². The molecule has 1 amide bonds. The Labute approximate surface area is 236 Å². The molecule has 0 aliphatic heterocycles.